The molecular formula is C24H38N2O4. The summed E-state index contributed by atoms with van der Waals surface area (Å²) in [7, 11) is 1.62. The van der Waals surface area contributed by atoms with E-state index in [2.05, 4.69) is 18.7 Å². The summed E-state index contributed by atoms with van der Waals surface area (Å²) >= 11 is 0. The molecule has 1 aromatic rings. The molecule has 2 rings (SSSR count). The summed E-state index contributed by atoms with van der Waals surface area (Å²) in [5.41, 5.74) is 0.991. The molecule has 6 nitrogen and oxygen atoms in total. The molecule has 3 atom stereocenters. The molecule has 0 aliphatic carbocycles. The van der Waals surface area contributed by atoms with E-state index in [4.69, 9.17) is 4.74 Å². The molecule has 1 heterocycles. The highest BCUT2D eigenvalue weighted by Gasteiger charge is 2.46. The molecule has 0 bridgehead atoms. The average Bonchev–Trinajstić information content (AvgIpc) is 3.12. The Morgan fingerprint density at radius 3 is 2.17 bits per heavy atom. The summed E-state index contributed by atoms with van der Waals surface area (Å²) < 4.78 is 5.24. The topological polar surface area (TPSA) is 70.1 Å². The first-order valence-electron chi connectivity index (χ1n) is 11.3. The van der Waals surface area contributed by atoms with Gasteiger partial charge < -0.3 is 14.7 Å². The Balaban J connectivity index is 2.19. The van der Waals surface area contributed by atoms with Crippen LogP contribution in [0.25, 0.3) is 0 Å². The van der Waals surface area contributed by atoms with Crippen LogP contribution in [0.2, 0.25) is 0 Å². The van der Waals surface area contributed by atoms with Crippen LogP contribution in [0.4, 0.5) is 0 Å². The zero-order chi connectivity index (χ0) is 22.1. The fourth-order valence-corrected chi connectivity index (χ4v) is 4.52. The third-order valence-corrected chi connectivity index (χ3v) is 6.25. The Hall–Kier alpha value is -2.08. The fraction of sp³-hybridized carbons (Fsp3) is 0.667. The van der Waals surface area contributed by atoms with Crippen LogP contribution >= 0.6 is 0 Å². The van der Waals surface area contributed by atoms with E-state index in [0.29, 0.717) is 19.5 Å². The lowest BCUT2D eigenvalue weighted by Crippen LogP contribution is -2.44. The van der Waals surface area contributed by atoms with Crippen molar-refractivity contribution in [3.63, 3.8) is 0 Å². The highest BCUT2D eigenvalue weighted by Crippen LogP contribution is 2.39. The monoisotopic (exact) mass is 418 g/mol. The zero-order valence-corrected chi connectivity index (χ0v) is 19.0. The number of carboxylic acids is 1. The van der Waals surface area contributed by atoms with Gasteiger partial charge in [0.1, 0.15) is 5.75 Å². The van der Waals surface area contributed by atoms with Crippen molar-refractivity contribution in [3.8, 4) is 5.75 Å². The molecular weight excluding hydrogens is 380 g/mol. The van der Waals surface area contributed by atoms with E-state index in [9.17, 15) is 14.7 Å². The fourth-order valence-electron chi connectivity index (χ4n) is 4.52. The number of carbonyl (C=O) groups excluding carboxylic acids is 1. The molecule has 0 unspecified atom stereocenters. The van der Waals surface area contributed by atoms with E-state index in [0.717, 1.165) is 50.1 Å². The van der Waals surface area contributed by atoms with Crippen LogP contribution in [-0.4, -0.2) is 66.1 Å². The number of hydrogen-bond donors (Lipinski definition) is 1. The van der Waals surface area contributed by atoms with Gasteiger partial charge in [0, 0.05) is 31.6 Å². The second kappa shape index (κ2) is 11.9. The molecule has 1 fully saturated rings. The predicted octanol–water partition coefficient (Wildman–Crippen LogP) is 4.00. The van der Waals surface area contributed by atoms with Crippen LogP contribution in [0.15, 0.2) is 24.3 Å². The number of rotatable bonds is 12. The number of amides is 1. The van der Waals surface area contributed by atoms with Crippen molar-refractivity contribution in [2.24, 2.45) is 5.92 Å². The van der Waals surface area contributed by atoms with E-state index < -0.39 is 11.9 Å². The van der Waals surface area contributed by atoms with Gasteiger partial charge in [-0.2, -0.15) is 0 Å². The molecule has 30 heavy (non-hydrogen) atoms. The zero-order valence-electron chi connectivity index (χ0n) is 19.0. The normalized spacial score (nSPS) is 21.5. The molecule has 6 heteroatoms. The standard InChI is InChI=1S/C24H38N2O4/c1-5-8-14-25(15-9-6-2)22(27)17-26-16-20(23(24(28)29)21(26)7-3)18-10-12-19(30-4)13-11-18/h10-13,20-21,23H,5-9,14-17H2,1-4H3,(H,28,29)/t20-,21+,23-/m1/s1. The molecule has 0 aromatic heterocycles. The van der Waals surface area contributed by atoms with Crippen LogP contribution in [0.1, 0.15) is 64.4 Å². The third kappa shape index (κ3) is 5.97. The minimum Gasteiger partial charge on any atom is -0.497 e. The number of aliphatic carboxylic acids is 1. The van der Waals surface area contributed by atoms with Crippen molar-refractivity contribution in [2.75, 3.05) is 33.3 Å². The second-order valence-corrected chi connectivity index (χ2v) is 8.24. The summed E-state index contributed by atoms with van der Waals surface area (Å²) in [6, 6.07) is 7.51. The Morgan fingerprint density at radius 1 is 1.10 bits per heavy atom. The van der Waals surface area contributed by atoms with Gasteiger partial charge in [-0.25, -0.2) is 0 Å². The van der Waals surface area contributed by atoms with Gasteiger partial charge in [0.2, 0.25) is 5.91 Å². The van der Waals surface area contributed by atoms with Crippen molar-refractivity contribution in [1.82, 2.24) is 9.80 Å². The van der Waals surface area contributed by atoms with Gasteiger partial charge >= 0.3 is 5.97 Å². The van der Waals surface area contributed by atoms with Gasteiger partial charge in [0.25, 0.3) is 0 Å². The minimum atomic E-state index is -0.786. The number of nitrogens with zero attached hydrogens (tertiary/aromatic N) is 2. The maximum atomic E-state index is 13.1. The summed E-state index contributed by atoms with van der Waals surface area (Å²) in [5, 5.41) is 9.99. The van der Waals surface area contributed by atoms with Gasteiger partial charge in [-0.05, 0) is 37.0 Å². The lowest BCUT2D eigenvalue weighted by atomic mass is 9.84. The molecule has 1 N–H and O–H groups in total. The number of unbranched alkanes of at least 4 members (excludes halogenated alkanes) is 2. The number of benzene rings is 1. The maximum absolute atomic E-state index is 13.1. The Morgan fingerprint density at radius 2 is 1.70 bits per heavy atom. The van der Waals surface area contributed by atoms with E-state index in [1.165, 1.54) is 0 Å². The molecule has 168 valence electrons. The van der Waals surface area contributed by atoms with Crippen LogP contribution in [-0.2, 0) is 9.59 Å². The highest BCUT2D eigenvalue weighted by atomic mass is 16.5. The van der Waals surface area contributed by atoms with E-state index >= 15 is 0 Å². The first kappa shape index (κ1) is 24.2. The molecule has 1 aromatic carbocycles. The number of carbonyl (C=O) groups is 2. The number of carboxylic acid groups (broad SMARTS) is 1. The van der Waals surface area contributed by atoms with Gasteiger partial charge in [-0.1, -0.05) is 45.7 Å². The molecule has 1 aliphatic heterocycles. The van der Waals surface area contributed by atoms with Gasteiger partial charge in [0.05, 0.1) is 19.6 Å². The summed E-state index contributed by atoms with van der Waals surface area (Å²) in [6.07, 6.45) is 4.81. The van der Waals surface area contributed by atoms with Crippen LogP contribution < -0.4 is 4.74 Å². The predicted molar refractivity (Wildman–Crippen MR) is 119 cm³/mol. The van der Waals surface area contributed by atoms with Crippen LogP contribution in [0.5, 0.6) is 5.75 Å². The Labute approximate surface area is 181 Å². The largest absolute Gasteiger partial charge is 0.497 e. The van der Waals surface area contributed by atoms with E-state index in [1.54, 1.807) is 7.11 Å². The van der Waals surface area contributed by atoms with E-state index in [-0.39, 0.29) is 17.9 Å². The molecule has 0 saturated carbocycles. The highest BCUT2D eigenvalue weighted by molar-refractivity contribution is 5.79. The van der Waals surface area contributed by atoms with Crippen molar-refractivity contribution in [3.05, 3.63) is 29.8 Å². The summed E-state index contributed by atoms with van der Waals surface area (Å²) in [6.45, 7) is 8.72. The first-order valence-corrected chi connectivity index (χ1v) is 11.3. The summed E-state index contributed by atoms with van der Waals surface area (Å²) in [5.74, 6) is -0.562. The van der Waals surface area contributed by atoms with Crippen molar-refractivity contribution in [2.45, 2.75) is 64.8 Å². The average molecular weight is 419 g/mol. The molecule has 1 saturated heterocycles. The lowest BCUT2D eigenvalue weighted by molar-refractivity contribution is -0.143. The van der Waals surface area contributed by atoms with E-state index in [1.807, 2.05) is 36.1 Å². The smallest absolute Gasteiger partial charge is 0.308 e. The third-order valence-electron chi connectivity index (χ3n) is 6.25. The second-order valence-electron chi connectivity index (χ2n) is 8.24. The first-order chi connectivity index (χ1) is 14.5. The summed E-state index contributed by atoms with van der Waals surface area (Å²) in [4.78, 5) is 29.3. The number of likely N-dealkylation sites (tertiary alicyclic amines) is 1. The number of hydrogen-bond acceptors (Lipinski definition) is 4. The van der Waals surface area contributed by atoms with Gasteiger partial charge in [0.15, 0.2) is 0 Å². The van der Waals surface area contributed by atoms with Crippen LogP contribution in [0.3, 0.4) is 0 Å². The quantitative estimate of drug-likeness (QED) is 0.555. The van der Waals surface area contributed by atoms with Gasteiger partial charge in [-0.3, -0.25) is 14.5 Å². The van der Waals surface area contributed by atoms with Crippen molar-refractivity contribution < 1.29 is 19.4 Å². The lowest BCUT2D eigenvalue weighted by Gasteiger charge is -2.29. The van der Waals surface area contributed by atoms with Gasteiger partial charge in [-0.15, -0.1) is 0 Å². The molecule has 1 amide bonds. The van der Waals surface area contributed by atoms with Crippen LogP contribution in [0, 0.1) is 5.92 Å². The number of ether oxygens (including phenoxy) is 1. The number of methoxy groups -OCH3 is 1. The SMILES string of the molecule is CCCCN(CCCC)C(=O)CN1C[C@H](c2ccc(OC)cc2)[C@@H](C(=O)O)[C@@H]1CC. The molecule has 1 aliphatic rings. The molecule has 0 spiro atoms. The molecule has 0 radical (unpaired) electrons. The Bertz CT molecular complexity index is 668. The minimum absolute atomic E-state index is 0.120. The van der Waals surface area contributed by atoms with Crippen molar-refractivity contribution >= 4 is 11.9 Å². The van der Waals surface area contributed by atoms with Crippen molar-refractivity contribution in [1.29, 1.82) is 0 Å². The maximum Gasteiger partial charge on any atom is 0.308 e. The Kier molecular flexibility index (Phi) is 9.63.